The molecule has 0 aliphatic carbocycles. The first-order valence-corrected chi connectivity index (χ1v) is 11.1. The van der Waals surface area contributed by atoms with E-state index in [1.165, 1.54) is 0 Å². The van der Waals surface area contributed by atoms with Crippen LogP contribution in [0.25, 0.3) is 43.6 Å². The van der Waals surface area contributed by atoms with Crippen LogP contribution >= 0.6 is 0 Å². The highest BCUT2D eigenvalue weighted by atomic mass is 16.7. The fraction of sp³-hybridized carbons (Fsp3) is 0.269. The Morgan fingerprint density at radius 2 is 1.84 bits per heavy atom. The zero-order chi connectivity index (χ0) is 21.6. The molecule has 160 valence electrons. The molecule has 32 heavy (non-hydrogen) atoms. The zero-order valence-electron chi connectivity index (χ0n) is 18.0. The van der Waals surface area contributed by atoms with E-state index in [9.17, 15) is 4.79 Å². The number of rotatable bonds is 2. The van der Waals surface area contributed by atoms with E-state index >= 15 is 0 Å². The van der Waals surface area contributed by atoms with Gasteiger partial charge in [0.1, 0.15) is 6.10 Å². The molecule has 4 heterocycles. The number of amides is 1. The third kappa shape index (κ3) is 2.34. The first-order valence-electron chi connectivity index (χ1n) is 11.1. The van der Waals surface area contributed by atoms with Crippen LogP contribution in [0, 0.1) is 0 Å². The Bertz CT molecular complexity index is 1590. The summed E-state index contributed by atoms with van der Waals surface area (Å²) in [6, 6.07) is 16.7. The molecule has 7 rings (SSSR count). The number of benzene rings is 3. The maximum atomic E-state index is 13.1. The summed E-state index contributed by atoms with van der Waals surface area (Å²) < 4.78 is 14.3. The van der Waals surface area contributed by atoms with Gasteiger partial charge in [-0.25, -0.2) is 0 Å². The van der Waals surface area contributed by atoms with Gasteiger partial charge in [0.05, 0.1) is 29.7 Å². The summed E-state index contributed by atoms with van der Waals surface area (Å²) in [5, 5.41) is 7.47. The van der Waals surface area contributed by atoms with Gasteiger partial charge in [-0.2, -0.15) is 0 Å². The number of carbonyl (C=O) groups is 1. The summed E-state index contributed by atoms with van der Waals surface area (Å²) in [4.78, 5) is 16.8. The Balaban J connectivity index is 1.64. The van der Waals surface area contributed by atoms with Crippen molar-refractivity contribution in [3.63, 3.8) is 0 Å². The predicted molar refractivity (Wildman–Crippen MR) is 125 cm³/mol. The summed E-state index contributed by atoms with van der Waals surface area (Å²) in [5.41, 5.74) is 6.20. The van der Waals surface area contributed by atoms with Gasteiger partial charge in [-0.15, -0.1) is 0 Å². The number of hydrogen-bond acceptors (Lipinski definition) is 3. The number of aromatic amines is 1. The maximum Gasteiger partial charge on any atom is 0.252 e. The molecule has 2 aromatic heterocycles. The lowest BCUT2D eigenvalue weighted by atomic mass is 9.97. The minimum Gasteiger partial charge on any atom is -0.353 e. The number of H-pyrrole nitrogens is 1. The number of aromatic nitrogens is 2. The topological polar surface area (TPSA) is 68.3 Å². The first-order chi connectivity index (χ1) is 15.5. The summed E-state index contributed by atoms with van der Waals surface area (Å²) in [6.07, 6.45) is -0.0643. The van der Waals surface area contributed by atoms with Crippen molar-refractivity contribution in [2.24, 2.45) is 0 Å². The van der Waals surface area contributed by atoms with Gasteiger partial charge in [0.2, 0.25) is 0 Å². The number of ether oxygens (including phenoxy) is 2. The van der Waals surface area contributed by atoms with Gasteiger partial charge in [-0.3, -0.25) is 4.79 Å². The molecule has 0 bridgehead atoms. The van der Waals surface area contributed by atoms with E-state index in [0.29, 0.717) is 19.7 Å². The van der Waals surface area contributed by atoms with Gasteiger partial charge in [0.25, 0.3) is 5.91 Å². The van der Waals surface area contributed by atoms with Gasteiger partial charge in [0, 0.05) is 39.1 Å². The highest BCUT2D eigenvalue weighted by Crippen LogP contribution is 2.43. The highest BCUT2D eigenvalue weighted by molar-refractivity contribution is 6.30. The van der Waals surface area contributed by atoms with Crippen molar-refractivity contribution >= 4 is 49.5 Å². The largest absolute Gasteiger partial charge is 0.353 e. The fourth-order valence-electron chi connectivity index (χ4n) is 5.66. The lowest BCUT2D eigenvalue weighted by Gasteiger charge is -2.18. The molecule has 0 radical (unpaired) electrons. The molecule has 2 aliphatic rings. The summed E-state index contributed by atoms with van der Waals surface area (Å²) in [7, 11) is 0. The van der Waals surface area contributed by atoms with E-state index in [1.807, 2.05) is 26.0 Å². The van der Waals surface area contributed by atoms with E-state index < -0.39 is 5.79 Å². The molecule has 0 spiro atoms. The van der Waals surface area contributed by atoms with Crippen molar-refractivity contribution in [1.82, 2.24) is 14.9 Å². The van der Waals surface area contributed by atoms with Crippen molar-refractivity contribution in [2.75, 3.05) is 6.61 Å². The zero-order valence-corrected chi connectivity index (χ0v) is 18.0. The molecule has 6 heteroatoms. The molecule has 3 aromatic carbocycles. The van der Waals surface area contributed by atoms with Crippen molar-refractivity contribution in [2.45, 2.75) is 38.8 Å². The van der Waals surface area contributed by atoms with E-state index in [2.05, 4.69) is 51.3 Å². The van der Waals surface area contributed by atoms with Gasteiger partial charge >= 0.3 is 0 Å². The van der Waals surface area contributed by atoms with Crippen LogP contribution in [0.1, 0.15) is 29.8 Å². The smallest absolute Gasteiger partial charge is 0.252 e. The average molecular weight is 425 g/mol. The van der Waals surface area contributed by atoms with Crippen LogP contribution in [-0.4, -0.2) is 34.0 Å². The molecule has 1 amide bonds. The first kappa shape index (κ1) is 18.2. The van der Waals surface area contributed by atoms with Crippen LogP contribution in [0.2, 0.25) is 0 Å². The van der Waals surface area contributed by atoms with Crippen molar-refractivity contribution in [3.05, 3.63) is 59.7 Å². The molecule has 1 saturated heterocycles. The molecule has 2 N–H and O–H groups in total. The van der Waals surface area contributed by atoms with E-state index in [0.717, 1.165) is 54.7 Å². The SMILES string of the molecule is CC1(C)OCC(Cn2c3ccccc3c3c4c(c5c6ccccc6[nH]c5c32)CNC4=O)O1. The number of para-hydroxylation sites is 2. The molecule has 1 unspecified atom stereocenters. The molecule has 6 nitrogen and oxygen atoms in total. The van der Waals surface area contributed by atoms with Gasteiger partial charge < -0.3 is 24.3 Å². The van der Waals surface area contributed by atoms with Crippen LogP contribution in [0.5, 0.6) is 0 Å². The van der Waals surface area contributed by atoms with Crippen LogP contribution in [-0.2, 0) is 22.6 Å². The second-order valence-electron chi connectivity index (χ2n) is 9.26. The minimum atomic E-state index is -0.582. The number of carbonyl (C=O) groups excluding carboxylic acids is 1. The van der Waals surface area contributed by atoms with Crippen LogP contribution in [0.3, 0.4) is 0 Å². The maximum absolute atomic E-state index is 13.1. The fourth-order valence-corrected chi connectivity index (χ4v) is 5.66. The van der Waals surface area contributed by atoms with Crippen LogP contribution < -0.4 is 5.32 Å². The Morgan fingerprint density at radius 1 is 1.06 bits per heavy atom. The highest BCUT2D eigenvalue weighted by Gasteiger charge is 2.35. The van der Waals surface area contributed by atoms with E-state index in [4.69, 9.17) is 9.47 Å². The number of fused-ring (bicyclic) bond motifs is 10. The monoisotopic (exact) mass is 425 g/mol. The molecule has 0 saturated carbocycles. The second kappa shape index (κ2) is 6.12. The normalized spacial score (nSPS) is 20.1. The number of hydrogen-bond donors (Lipinski definition) is 2. The lowest BCUT2D eigenvalue weighted by molar-refractivity contribution is -0.139. The van der Waals surface area contributed by atoms with E-state index in [1.54, 1.807) is 0 Å². The Hall–Kier alpha value is -3.35. The number of nitrogens with zero attached hydrogens (tertiary/aromatic N) is 1. The second-order valence-corrected chi connectivity index (χ2v) is 9.26. The van der Waals surface area contributed by atoms with Gasteiger partial charge in [-0.05, 0) is 31.5 Å². The average Bonchev–Trinajstić information content (AvgIpc) is 3.51. The van der Waals surface area contributed by atoms with Crippen LogP contribution in [0.4, 0.5) is 0 Å². The van der Waals surface area contributed by atoms with Crippen molar-refractivity contribution in [3.8, 4) is 0 Å². The Labute approximate surface area is 184 Å². The predicted octanol–water partition coefficient (Wildman–Crippen LogP) is 4.82. The van der Waals surface area contributed by atoms with Crippen LogP contribution in [0.15, 0.2) is 48.5 Å². The molecule has 1 atom stereocenters. The lowest BCUT2D eigenvalue weighted by Crippen LogP contribution is -2.24. The molecular weight excluding hydrogens is 402 g/mol. The quantitative estimate of drug-likeness (QED) is 0.426. The summed E-state index contributed by atoms with van der Waals surface area (Å²) in [5.74, 6) is -0.581. The molecule has 2 aliphatic heterocycles. The summed E-state index contributed by atoms with van der Waals surface area (Å²) >= 11 is 0. The Morgan fingerprint density at radius 3 is 2.66 bits per heavy atom. The van der Waals surface area contributed by atoms with E-state index in [-0.39, 0.29) is 12.0 Å². The third-order valence-corrected chi connectivity index (χ3v) is 6.87. The summed E-state index contributed by atoms with van der Waals surface area (Å²) in [6.45, 7) is 5.65. The Kier molecular flexibility index (Phi) is 3.49. The van der Waals surface area contributed by atoms with Gasteiger partial charge in [-0.1, -0.05) is 36.4 Å². The third-order valence-electron chi connectivity index (χ3n) is 6.87. The number of nitrogens with one attached hydrogen (secondary N) is 2. The van der Waals surface area contributed by atoms with Crippen molar-refractivity contribution < 1.29 is 14.3 Å². The van der Waals surface area contributed by atoms with Crippen molar-refractivity contribution in [1.29, 1.82) is 0 Å². The molecule has 5 aromatic rings. The molecular formula is C26H23N3O3. The minimum absolute atomic E-state index is 0.00154. The standard InChI is InChI=1S/C26H23N3O3/c1-26(2)31-13-14(32-26)12-29-19-10-6-4-8-16(19)21-22-17(11-27-25(22)30)20-15-7-3-5-9-18(15)28-23(20)24(21)29/h3-10,14,28H,11-13H2,1-2H3,(H,27,30). The van der Waals surface area contributed by atoms with Gasteiger partial charge in [0.15, 0.2) is 5.79 Å². The molecule has 1 fully saturated rings.